The number of carbonyl (C=O) groups excluding carboxylic acids is 1. The van der Waals surface area contributed by atoms with Crippen molar-refractivity contribution in [2.45, 2.75) is 12.3 Å². The molecule has 0 bridgehead atoms. The summed E-state index contributed by atoms with van der Waals surface area (Å²) in [5, 5.41) is 4.67. The van der Waals surface area contributed by atoms with E-state index in [1.165, 1.54) is 6.26 Å². The molecule has 4 aromatic heterocycles. The number of carbonyl (C=O) groups is 1. The molecule has 0 saturated carbocycles. The Bertz CT molecular complexity index is 1090. The van der Waals surface area contributed by atoms with Crippen LogP contribution in [0.15, 0.2) is 65.7 Å². The third kappa shape index (κ3) is 2.87. The number of fused-ring (bicyclic) bond motifs is 1. The van der Waals surface area contributed by atoms with E-state index in [2.05, 4.69) is 15.1 Å². The van der Waals surface area contributed by atoms with Crippen LogP contribution in [0.1, 0.15) is 28.7 Å². The summed E-state index contributed by atoms with van der Waals surface area (Å²) in [6, 6.07) is 11.4. The Morgan fingerprint density at radius 1 is 1.11 bits per heavy atom. The van der Waals surface area contributed by atoms with Crippen molar-refractivity contribution in [2.75, 3.05) is 13.1 Å². The van der Waals surface area contributed by atoms with Gasteiger partial charge in [-0.3, -0.25) is 9.78 Å². The number of nitrogens with zero attached hydrogens (tertiary/aromatic N) is 5. The van der Waals surface area contributed by atoms with Crippen LogP contribution in [0.4, 0.5) is 0 Å². The van der Waals surface area contributed by atoms with Crippen molar-refractivity contribution in [3.05, 3.63) is 72.8 Å². The van der Waals surface area contributed by atoms with Crippen molar-refractivity contribution in [1.82, 2.24) is 24.5 Å². The number of hydrogen-bond acceptors (Lipinski definition) is 5. The molecule has 134 valence electrons. The quantitative estimate of drug-likeness (QED) is 0.562. The molecule has 0 aromatic carbocycles. The van der Waals surface area contributed by atoms with E-state index in [1.54, 1.807) is 29.4 Å². The molecule has 1 amide bonds. The van der Waals surface area contributed by atoms with Crippen molar-refractivity contribution < 1.29 is 9.21 Å². The van der Waals surface area contributed by atoms with Gasteiger partial charge in [-0.1, -0.05) is 0 Å². The Balaban J connectivity index is 1.39. The SMILES string of the molecule is O=C(c1ccco1)N1CCC(c2nc3ccc(-c4ccncc4)cn3n2)C1. The summed E-state index contributed by atoms with van der Waals surface area (Å²) in [7, 11) is 0. The molecule has 1 unspecified atom stereocenters. The topological polar surface area (TPSA) is 76.5 Å². The van der Waals surface area contributed by atoms with Gasteiger partial charge in [0.1, 0.15) is 0 Å². The Hall–Kier alpha value is -3.48. The monoisotopic (exact) mass is 359 g/mol. The van der Waals surface area contributed by atoms with Crippen molar-refractivity contribution >= 4 is 11.6 Å². The molecular formula is C20H17N5O2. The molecule has 0 radical (unpaired) electrons. The molecule has 0 aliphatic carbocycles. The van der Waals surface area contributed by atoms with E-state index in [-0.39, 0.29) is 11.8 Å². The maximum Gasteiger partial charge on any atom is 0.289 e. The zero-order chi connectivity index (χ0) is 18.2. The fraction of sp³-hybridized carbons (Fsp3) is 0.200. The lowest BCUT2D eigenvalue weighted by atomic mass is 10.1. The van der Waals surface area contributed by atoms with Gasteiger partial charge in [0, 0.05) is 43.2 Å². The van der Waals surface area contributed by atoms with Crippen LogP contribution in [-0.4, -0.2) is 43.5 Å². The normalized spacial score (nSPS) is 16.9. The van der Waals surface area contributed by atoms with E-state index >= 15 is 0 Å². The van der Waals surface area contributed by atoms with Crippen molar-refractivity contribution in [2.24, 2.45) is 0 Å². The zero-order valence-corrected chi connectivity index (χ0v) is 14.5. The van der Waals surface area contributed by atoms with E-state index in [1.807, 2.05) is 35.0 Å². The minimum Gasteiger partial charge on any atom is -0.459 e. The second-order valence-corrected chi connectivity index (χ2v) is 6.64. The number of hydrogen-bond donors (Lipinski definition) is 0. The summed E-state index contributed by atoms with van der Waals surface area (Å²) in [6.07, 6.45) is 7.89. The van der Waals surface area contributed by atoms with Gasteiger partial charge in [0.05, 0.1) is 6.26 Å². The standard InChI is InChI=1S/C20H17N5O2/c26-20(17-2-1-11-27-17)24-10-7-16(12-24)19-22-18-4-3-15(13-25(18)23-19)14-5-8-21-9-6-14/h1-6,8-9,11,13,16H,7,10,12H2. The first-order chi connectivity index (χ1) is 13.3. The molecular weight excluding hydrogens is 342 g/mol. The molecule has 5 rings (SSSR count). The number of likely N-dealkylation sites (tertiary alicyclic amines) is 1. The lowest BCUT2D eigenvalue weighted by molar-refractivity contribution is 0.0759. The van der Waals surface area contributed by atoms with Crippen LogP contribution in [0.25, 0.3) is 16.8 Å². The first-order valence-electron chi connectivity index (χ1n) is 8.87. The van der Waals surface area contributed by atoms with Gasteiger partial charge in [-0.05, 0) is 48.4 Å². The molecule has 1 aliphatic heterocycles. The Morgan fingerprint density at radius 3 is 2.81 bits per heavy atom. The van der Waals surface area contributed by atoms with E-state index in [9.17, 15) is 4.79 Å². The van der Waals surface area contributed by atoms with E-state index in [0.29, 0.717) is 18.8 Å². The average molecular weight is 359 g/mol. The van der Waals surface area contributed by atoms with Crippen LogP contribution in [0.2, 0.25) is 0 Å². The van der Waals surface area contributed by atoms with Crippen molar-refractivity contribution in [1.29, 1.82) is 0 Å². The lowest BCUT2D eigenvalue weighted by Gasteiger charge is -2.13. The molecule has 0 N–H and O–H groups in total. The highest BCUT2D eigenvalue weighted by molar-refractivity contribution is 5.91. The Kier molecular flexibility index (Phi) is 3.71. The van der Waals surface area contributed by atoms with E-state index in [0.717, 1.165) is 29.0 Å². The summed E-state index contributed by atoms with van der Waals surface area (Å²) in [5.74, 6) is 1.21. The van der Waals surface area contributed by atoms with Gasteiger partial charge >= 0.3 is 0 Å². The molecule has 1 fully saturated rings. The fourth-order valence-corrected chi connectivity index (χ4v) is 3.50. The molecule has 1 aliphatic rings. The largest absolute Gasteiger partial charge is 0.459 e. The van der Waals surface area contributed by atoms with Crippen LogP contribution in [0, 0.1) is 0 Å². The second kappa shape index (κ2) is 6.35. The summed E-state index contributed by atoms with van der Waals surface area (Å²) in [4.78, 5) is 23.0. The van der Waals surface area contributed by atoms with Crippen molar-refractivity contribution in [3.8, 4) is 11.1 Å². The second-order valence-electron chi connectivity index (χ2n) is 6.64. The minimum absolute atomic E-state index is 0.0776. The van der Waals surface area contributed by atoms with Crippen LogP contribution in [-0.2, 0) is 0 Å². The minimum atomic E-state index is -0.0776. The number of aromatic nitrogens is 4. The molecule has 5 heterocycles. The van der Waals surface area contributed by atoms with E-state index in [4.69, 9.17) is 4.42 Å². The van der Waals surface area contributed by atoms with Crippen LogP contribution < -0.4 is 0 Å². The number of rotatable bonds is 3. The third-order valence-electron chi connectivity index (χ3n) is 4.93. The summed E-state index contributed by atoms with van der Waals surface area (Å²) in [5.41, 5.74) is 2.95. The lowest BCUT2D eigenvalue weighted by Crippen LogP contribution is -2.28. The van der Waals surface area contributed by atoms with Gasteiger partial charge in [-0.15, -0.1) is 0 Å². The Morgan fingerprint density at radius 2 is 2.00 bits per heavy atom. The number of furan rings is 1. The third-order valence-corrected chi connectivity index (χ3v) is 4.93. The van der Waals surface area contributed by atoms with Gasteiger partial charge in [0.25, 0.3) is 5.91 Å². The number of amides is 1. The van der Waals surface area contributed by atoms with E-state index < -0.39 is 0 Å². The average Bonchev–Trinajstić information content (AvgIpc) is 3.47. The van der Waals surface area contributed by atoms with Gasteiger partial charge in [-0.25, -0.2) is 9.50 Å². The van der Waals surface area contributed by atoms with Crippen LogP contribution >= 0.6 is 0 Å². The first kappa shape index (κ1) is 15.7. The predicted molar refractivity (Wildman–Crippen MR) is 98.2 cm³/mol. The molecule has 7 nitrogen and oxygen atoms in total. The van der Waals surface area contributed by atoms with Gasteiger partial charge in [0.15, 0.2) is 17.2 Å². The molecule has 1 saturated heterocycles. The summed E-state index contributed by atoms with van der Waals surface area (Å²) in [6.45, 7) is 1.29. The van der Waals surface area contributed by atoms with Gasteiger partial charge in [0.2, 0.25) is 0 Å². The van der Waals surface area contributed by atoms with Crippen molar-refractivity contribution in [3.63, 3.8) is 0 Å². The summed E-state index contributed by atoms with van der Waals surface area (Å²) >= 11 is 0. The molecule has 0 spiro atoms. The maximum atomic E-state index is 12.4. The fourth-order valence-electron chi connectivity index (χ4n) is 3.50. The highest BCUT2D eigenvalue weighted by Crippen LogP contribution is 2.27. The first-order valence-corrected chi connectivity index (χ1v) is 8.87. The summed E-state index contributed by atoms with van der Waals surface area (Å²) < 4.78 is 7.03. The highest BCUT2D eigenvalue weighted by atomic mass is 16.3. The smallest absolute Gasteiger partial charge is 0.289 e. The van der Waals surface area contributed by atoms with Crippen LogP contribution in [0.5, 0.6) is 0 Å². The molecule has 1 atom stereocenters. The zero-order valence-electron chi connectivity index (χ0n) is 14.5. The van der Waals surface area contributed by atoms with Gasteiger partial charge in [-0.2, -0.15) is 5.10 Å². The molecule has 27 heavy (non-hydrogen) atoms. The molecule has 4 aromatic rings. The maximum absolute atomic E-state index is 12.4. The van der Waals surface area contributed by atoms with Gasteiger partial charge < -0.3 is 9.32 Å². The molecule has 7 heteroatoms. The van der Waals surface area contributed by atoms with Crippen LogP contribution in [0.3, 0.4) is 0 Å². The predicted octanol–water partition coefficient (Wildman–Crippen LogP) is 3.01. The highest BCUT2D eigenvalue weighted by Gasteiger charge is 2.31. The number of pyridine rings is 2. The Labute approximate surface area is 155 Å².